The minimum absolute atomic E-state index is 0.686. The predicted molar refractivity (Wildman–Crippen MR) is 190 cm³/mol. The molecule has 4 nitrogen and oxygen atoms in total. The SMILES string of the molecule is Cc1ccc2c3c4cc(C)ccc4c(c2c1)-c1c2cccc1OCCCCCCCOc1cccc(c1-3)OCCCCCCCO2. The molecule has 0 aromatic heterocycles. The van der Waals surface area contributed by atoms with Crippen molar-refractivity contribution in [2.75, 3.05) is 26.4 Å². The minimum atomic E-state index is 0.686. The van der Waals surface area contributed by atoms with E-state index in [0.29, 0.717) is 26.4 Å². The highest BCUT2D eigenvalue weighted by molar-refractivity contribution is 6.23. The highest BCUT2D eigenvalue weighted by Crippen LogP contribution is 2.52. The maximum Gasteiger partial charge on any atom is 0.130 e. The molecule has 5 aromatic carbocycles. The number of aryl methyl sites for hydroxylation is 2. The van der Waals surface area contributed by atoms with E-state index >= 15 is 0 Å². The van der Waals surface area contributed by atoms with E-state index in [2.05, 4.69) is 86.6 Å². The second-order valence-electron chi connectivity index (χ2n) is 13.0. The number of hydrogen-bond donors (Lipinski definition) is 0. The Balaban J connectivity index is 1.62. The fourth-order valence-corrected chi connectivity index (χ4v) is 7.19. The normalized spacial score (nSPS) is 16.4. The quantitative estimate of drug-likeness (QED) is 0.163. The van der Waals surface area contributed by atoms with Crippen LogP contribution in [0.15, 0.2) is 72.8 Å². The molecule has 0 fully saturated rings. The monoisotopic (exact) mass is 614 g/mol. The van der Waals surface area contributed by atoms with E-state index in [9.17, 15) is 0 Å². The Bertz CT molecular complexity index is 1650. The van der Waals surface area contributed by atoms with Crippen LogP contribution in [0, 0.1) is 13.8 Å². The lowest BCUT2D eigenvalue weighted by Crippen LogP contribution is -2.04. The average Bonchev–Trinajstić information content (AvgIpc) is 3.06. The molecule has 4 heteroatoms. The molecular formula is C42H46O4. The molecule has 0 atom stereocenters. The van der Waals surface area contributed by atoms with Gasteiger partial charge in [-0.3, -0.25) is 0 Å². The highest BCUT2D eigenvalue weighted by atomic mass is 16.5. The van der Waals surface area contributed by atoms with Gasteiger partial charge in [-0.1, -0.05) is 98.2 Å². The van der Waals surface area contributed by atoms with Gasteiger partial charge < -0.3 is 18.9 Å². The van der Waals surface area contributed by atoms with Gasteiger partial charge in [0, 0.05) is 11.1 Å². The number of ether oxygens (including phenoxy) is 4. The number of rotatable bonds is 0. The second kappa shape index (κ2) is 14.1. The first-order chi connectivity index (χ1) is 22.7. The summed E-state index contributed by atoms with van der Waals surface area (Å²) in [5, 5.41) is 4.71. The van der Waals surface area contributed by atoms with Crippen molar-refractivity contribution in [1.82, 2.24) is 0 Å². The number of benzene rings is 5. The molecule has 0 aliphatic carbocycles. The second-order valence-corrected chi connectivity index (χ2v) is 13.0. The fraction of sp³-hybridized carbons (Fsp3) is 0.381. The van der Waals surface area contributed by atoms with Crippen LogP contribution in [-0.2, 0) is 0 Å². The van der Waals surface area contributed by atoms with E-state index in [1.54, 1.807) is 0 Å². The zero-order valence-corrected chi connectivity index (χ0v) is 27.5. The summed E-state index contributed by atoms with van der Waals surface area (Å²) in [6.07, 6.45) is 11.0. The third-order valence-electron chi connectivity index (χ3n) is 9.51. The maximum absolute atomic E-state index is 6.68. The third-order valence-corrected chi connectivity index (χ3v) is 9.51. The van der Waals surface area contributed by atoms with Crippen LogP contribution in [0.2, 0.25) is 0 Å². The largest absolute Gasteiger partial charge is 0.493 e. The summed E-state index contributed by atoms with van der Waals surface area (Å²) in [7, 11) is 0. The molecule has 0 spiro atoms. The van der Waals surface area contributed by atoms with Gasteiger partial charge in [-0.05, 0) is 85.3 Å². The van der Waals surface area contributed by atoms with Crippen molar-refractivity contribution in [1.29, 1.82) is 0 Å². The van der Waals surface area contributed by atoms with Crippen LogP contribution in [0.5, 0.6) is 23.0 Å². The summed E-state index contributed by atoms with van der Waals surface area (Å²) in [5.74, 6) is 3.57. The molecule has 5 aromatic rings. The molecule has 0 saturated carbocycles. The zero-order valence-electron chi connectivity index (χ0n) is 27.5. The molecule has 0 amide bonds. The van der Waals surface area contributed by atoms with Crippen molar-refractivity contribution >= 4 is 21.5 Å². The standard InChI is InChI=1S/C42H46O4/c1-29-19-21-31-33(27-29)39-32-22-20-30(2)28-34(32)40(31)42-37-17-14-18-38(42)46-26-12-8-4-6-10-24-44-36-16-13-15-35(41(36)39)43-23-9-5-3-7-11-25-45-37/h13-22,27-28H,3-12,23-26H2,1-2H3. The van der Waals surface area contributed by atoms with E-state index in [0.717, 1.165) is 96.6 Å². The Morgan fingerprint density at radius 3 is 1.02 bits per heavy atom. The van der Waals surface area contributed by atoms with Gasteiger partial charge in [0.1, 0.15) is 23.0 Å². The lowest BCUT2D eigenvalue weighted by atomic mass is 9.84. The summed E-state index contributed by atoms with van der Waals surface area (Å²) in [4.78, 5) is 0. The van der Waals surface area contributed by atoms with Crippen molar-refractivity contribution in [2.45, 2.75) is 78.1 Å². The predicted octanol–water partition coefficient (Wildman–Crippen LogP) is 11.4. The Hall–Kier alpha value is -4.18. The zero-order chi connectivity index (χ0) is 31.3. The molecule has 2 aliphatic heterocycles. The van der Waals surface area contributed by atoms with Gasteiger partial charge in [0.15, 0.2) is 0 Å². The van der Waals surface area contributed by atoms with Crippen LogP contribution in [0.3, 0.4) is 0 Å². The minimum Gasteiger partial charge on any atom is -0.493 e. The Labute approximate surface area is 273 Å². The summed E-state index contributed by atoms with van der Waals surface area (Å²) in [6.45, 7) is 7.10. The molecule has 0 radical (unpaired) electrons. The van der Waals surface area contributed by atoms with Crippen molar-refractivity contribution < 1.29 is 18.9 Å². The molecule has 7 rings (SSSR count). The molecule has 0 unspecified atom stereocenters. The first-order valence-electron chi connectivity index (χ1n) is 17.4. The van der Waals surface area contributed by atoms with Crippen molar-refractivity contribution in [3.8, 4) is 45.3 Å². The Kier molecular flexibility index (Phi) is 9.32. The molecule has 4 bridgehead atoms. The molecule has 0 N–H and O–H groups in total. The van der Waals surface area contributed by atoms with Crippen LogP contribution < -0.4 is 18.9 Å². The van der Waals surface area contributed by atoms with Gasteiger partial charge in [0.25, 0.3) is 0 Å². The summed E-state index contributed by atoms with van der Waals surface area (Å²) < 4.78 is 26.7. The molecule has 46 heavy (non-hydrogen) atoms. The highest BCUT2D eigenvalue weighted by Gasteiger charge is 2.26. The van der Waals surface area contributed by atoms with Crippen molar-refractivity contribution in [3.63, 3.8) is 0 Å². The maximum atomic E-state index is 6.68. The van der Waals surface area contributed by atoms with Gasteiger partial charge in [-0.15, -0.1) is 0 Å². The first-order valence-corrected chi connectivity index (χ1v) is 17.4. The third kappa shape index (κ3) is 6.27. The Morgan fingerprint density at radius 2 is 0.674 bits per heavy atom. The van der Waals surface area contributed by atoms with Crippen molar-refractivity contribution in [3.05, 3.63) is 83.9 Å². The smallest absolute Gasteiger partial charge is 0.130 e. The van der Waals surface area contributed by atoms with E-state index in [1.165, 1.54) is 45.5 Å². The Morgan fingerprint density at radius 1 is 0.348 bits per heavy atom. The molecule has 2 aliphatic rings. The molecule has 2 heterocycles. The van der Waals surface area contributed by atoms with Crippen LogP contribution in [0.4, 0.5) is 0 Å². The van der Waals surface area contributed by atoms with Gasteiger partial charge >= 0.3 is 0 Å². The van der Waals surface area contributed by atoms with Crippen LogP contribution >= 0.6 is 0 Å². The van der Waals surface area contributed by atoms with Gasteiger partial charge in [-0.2, -0.15) is 0 Å². The molecular weight excluding hydrogens is 568 g/mol. The van der Waals surface area contributed by atoms with Gasteiger partial charge in [-0.25, -0.2) is 0 Å². The molecule has 238 valence electrons. The topological polar surface area (TPSA) is 36.9 Å². The summed E-state index contributed by atoms with van der Waals surface area (Å²) >= 11 is 0. The van der Waals surface area contributed by atoms with E-state index in [-0.39, 0.29) is 0 Å². The van der Waals surface area contributed by atoms with Crippen LogP contribution in [-0.4, -0.2) is 26.4 Å². The average molecular weight is 615 g/mol. The van der Waals surface area contributed by atoms with Gasteiger partial charge in [0.05, 0.1) is 37.6 Å². The fourth-order valence-electron chi connectivity index (χ4n) is 7.19. The van der Waals surface area contributed by atoms with E-state index in [4.69, 9.17) is 18.9 Å². The van der Waals surface area contributed by atoms with E-state index < -0.39 is 0 Å². The summed E-state index contributed by atoms with van der Waals surface area (Å²) in [5.41, 5.74) is 6.85. The lowest BCUT2D eigenvalue weighted by molar-refractivity contribution is 0.282. The first kappa shape index (κ1) is 30.5. The van der Waals surface area contributed by atoms with Gasteiger partial charge in [0.2, 0.25) is 0 Å². The van der Waals surface area contributed by atoms with E-state index in [1.807, 2.05) is 0 Å². The molecule has 0 saturated heterocycles. The number of hydrogen-bond acceptors (Lipinski definition) is 4. The summed E-state index contributed by atoms with van der Waals surface area (Å²) in [6, 6.07) is 26.4. The van der Waals surface area contributed by atoms with Crippen molar-refractivity contribution in [2.24, 2.45) is 0 Å². The van der Waals surface area contributed by atoms with Crippen LogP contribution in [0.25, 0.3) is 43.8 Å². The van der Waals surface area contributed by atoms with Crippen LogP contribution in [0.1, 0.15) is 75.3 Å². The lowest BCUT2D eigenvalue weighted by Gasteiger charge is -2.24.